The third-order valence-corrected chi connectivity index (χ3v) is 5.65. The van der Waals surface area contributed by atoms with Crippen LogP contribution in [0.15, 0.2) is 23.2 Å². The van der Waals surface area contributed by atoms with Gasteiger partial charge in [0.15, 0.2) is 6.19 Å². The standard InChI is InChI=1S/C22H30N6O3/c1-16-13-17(8-9-19(16)31-2)25-22(24-15-23)26-18-7-3-4-12-28(21(18)30)14-20(29)27-10-5-6-11-27/h8-9,13,18H,3-7,10-12,14H2,1-2H3,(H2,24,25,26). The summed E-state index contributed by atoms with van der Waals surface area (Å²) in [5.74, 6) is 0.792. The zero-order valence-corrected chi connectivity index (χ0v) is 18.2. The average molecular weight is 427 g/mol. The van der Waals surface area contributed by atoms with E-state index in [2.05, 4.69) is 15.6 Å². The summed E-state index contributed by atoms with van der Waals surface area (Å²) in [4.78, 5) is 33.6. The predicted molar refractivity (Wildman–Crippen MR) is 118 cm³/mol. The summed E-state index contributed by atoms with van der Waals surface area (Å²) in [6, 6.07) is 4.88. The first-order valence-corrected chi connectivity index (χ1v) is 10.7. The molecule has 2 aliphatic rings. The SMILES string of the molecule is COc1ccc(NC(=NC2CCCCN(CC(=O)N3CCCC3)C2=O)NC#N)cc1C. The fraction of sp³-hybridized carbons (Fsp3) is 0.545. The van der Waals surface area contributed by atoms with Crippen molar-refractivity contribution in [3.05, 3.63) is 23.8 Å². The van der Waals surface area contributed by atoms with Gasteiger partial charge in [-0.15, -0.1) is 0 Å². The van der Waals surface area contributed by atoms with Crippen LogP contribution < -0.4 is 15.4 Å². The summed E-state index contributed by atoms with van der Waals surface area (Å²) < 4.78 is 5.28. The zero-order chi connectivity index (χ0) is 22.2. The van der Waals surface area contributed by atoms with Crippen LogP contribution in [0.1, 0.15) is 37.7 Å². The highest BCUT2D eigenvalue weighted by atomic mass is 16.5. The van der Waals surface area contributed by atoms with Gasteiger partial charge < -0.3 is 19.9 Å². The molecule has 2 heterocycles. The molecule has 0 bridgehead atoms. The van der Waals surface area contributed by atoms with Crippen LogP contribution in [-0.4, -0.2) is 66.9 Å². The molecule has 0 spiro atoms. The molecule has 3 rings (SSSR count). The highest BCUT2D eigenvalue weighted by Gasteiger charge is 2.30. The molecule has 2 saturated heterocycles. The van der Waals surface area contributed by atoms with Crippen molar-refractivity contribution in [3.8, 4) is 11.9 Å². The largest absolute Gasteiger partial charge is 0.496 e. The van der Waals surface area contributed by atoms with Gasteiger partial charge in [0, 0.05) is 25.3 Å². The van der Waals surface area contributed by atoms with Crippen molar-refractivity contribution in [2.24, 2.45) is 4.99 Å². The number of hydrogen-bond donors (Lipinski definition) is 2. The lowest BCUT2D eigenvalue weighted by molar-refractivity contribution is -0.140. The Balaban J connectivity index is 1.73. The van der Waals surface area contributed by atoms with E-state index in [1.54, 1.807) is 12.0 Å². The van der Waals surface area contributed by atoms with E-state index in [-0.39, 0.29) is 24.3 Å². The number of rotatable bonds is 5. The molecule has 0 aliphatic carbocycles. The van der Waals surface area contributed by atoms with Gasteiger partial charge in [0.1, 0.15) is 11.8 Å². The van der Waals surface area contributed by atoms with Gasteiger partial charge in [0.05, 0.1) is 13.7 Å². The maximum absolute atomic E-state index is 13.1. The highest BCUT2D eigenvalue weighted by molar-refractivity contribution is 5.97. The zero-order valence-electron chi connectivity index (χ0n) is 18.2. The Hall–Kier alpha value is -3.28. The summed E-state index contributed by atoms with van der Waals surface area (Å²) in [5.41, 5.74) is 1.66. The lowest BCUT2D eigenvalue weighted by Crippen LogP contribution is -2.45. The molecule has 31 heavy (non-hydrogen) atoms. The second-order valence-electron chi connectivity index (χ2n) is 7.88. The topological polar surface area (TPSA) is 110 Å². The Kier molecular flexibility index (Phi) is 7.70. The number of carbonyl (C=O) groups is 2. The number of ether oxygens (including phenoxy) is 1. The molecule has 9 nitrogen and oxygen atoms in total. The fourth-order valence-corrected chi connectivity index (χ4v) is 3.99. The number of guanidine groups is 1. The van der Waals surface area contributed by atoms with E-state index in [9.17, 15) is 9.59 Å². The number of anilines is 1. The van der Waals surface area contributed by atoms with E-state index in [0.29, 0.717) is 13.0 Å². The van der Waals surface area contributed by atoms with Crippen LogP contribution >= 0.6 is 0 Å². The van der Waals surface area contributed by atoms with E-state index in [0.717, 1.165) is 55.8 Å². The number of aliphatic imine (C=N–C) groups is 1. The number of nitrogens with one attached hydrogen (secondary N) is 2. The van der Waals surface area contributed by atoms with Crippen molar-refractivity contribution >= 4 is 23.5 Å². The molecule has 166 valence electrons. The molecular weight excluding hydrogens is 396 g/mol. The quantitative estimate of drug-likeness (QED) is 0.322. The number of hydrogen-bond acceptors (Lipinski definition) is 5. The van der Waals surface area contributed by atoms with Crippen LogP contribution in [0, 0.1) is 18.4 Å². The minimum absolute atomic E-state index is 0.00214. The van der Waals surface area contributed by atoms with Crippen molar-refractivity contribution in [1.82, 2.24) is 15.1 Å². The second-order valence-corrected chi connectivity index (χ2v) is 7.88. The fourth-order valence-electron chi connectivity index (χ4n) is 3.99. The van der Waals surface area contributed by atoms with Crippen LogP contribution in [-0.2, 0) is 9.59 Å². The lowest BCUT2D eigenvalue weighted by Gasteiger charge is -2.25. The first-order valence-electron chi connectivity index (χ1n) is 10.7. The van der Waals surface area contributed by atoms with Crippen LogP contribution in [0.2, 0.25) is 0 Å². The van der Waals surface area contributed by atoms with Gasteiger partial charge in [0.2, 0.25) is 17.8 Å². The molecular formula is C22H30N6O3. The summed E-state index contributed by atoms with van der Waals surface area (Å²) >= 11 is 0. The highest BCUT2D eigenvalue weighted by Crippen LogP contribution is 2.22. The monoisotopic (exact) mass is 426 g/mol. The third kappa shape index (κ3) is 5.87. The van der Waals surface area contributed by atoms with Gasteiger partial charge in [-0.05, 0) is 62.8 Å². The molecule has 0 saturated carbocycles. The van der Waals surface area contributed by atoms with E-state index in [4.69, 9.17) is 10.00 Å². The molecule has 2 N–H and O–H groups in total. The van der Waals surface area contributed by atoms with Crippen molar-refractivity contribution in [2.45, 2.75) is 45.1 Å². The third-order valence-electron chi connectivity index (χ3n) is 5.65. The normalized spacial score (nSPS) is 19.6. The van der Waals surface area contributed by atoms with Gasteiger partial charge >= 0.3 is 0 Å². The smallest absolute Gasteiger partial charge is 0.247 e. The minimum atomic E-state index is -0.642. The van der Waals surface area contributed by atoms with Crippen molar-refractivity contribution < 1.29 is 14.3 Å². The Bertz CT molecular complexity index is 872. The number of methoxy groups -OCH3 is 1. The van der Waals surface area contributed by atoms with Crippen molar-refractivity contribution in [3.63, 3.8) is 0 Å². The molecule has 2 amide bonds. The number of likely N-dealkylation sites (tertiary alicyclic amines) is 2. The van der Waals surface area contributed by atoms with Gasteiger partial charge in [0.25, 0.3) is 0 Å². The number of nitriles is 1. The van der Waals surface area contributed by atoms with Crippen LogP contribution in [0.3, 0.4) is 0 Å². The van der Waals surface area contributed by atoms with Crippen LogP contribution in [0.25, 0.3) is 0 Å². The maximum atomic E-state index is 13.1. The Labute approximate surface area is 183 Å². The van der Waals surface area contributed by atoms with Crippen molar-refractivity contribution in [2.75, 3.05) is 38.6 Å². The van der Waals surface area contributed by atoms with E-state index in [1.165, 1.54) is 0 Å². The minimum Gasteiger partial charge on any atom is -0.496 e. The molecule has 1 unspecified atom stereocenters. The first-order chi connectivity index (χ1) is 15.0. The Morgan fingerprint density at radius 3 is 2.68 bits per heavy atom. The van der Waals surface area contributed by atoms with Gasteiger partial charge in [-0.3, -0.25) is 14.9 Å². The molecule has 1 aromatic carbocycles. The number of carbonyl (C=O) groups excluding carboxylic acids is 2. The number of aryl methyl sites for hydroxylation is 1. The van der Waals surface area contributed by atoms with Crippen molar-refractivity contribution in [1.29, 1.82) is 5.26 Å². The molecule has 1 aromatic rings. The number of amides is 2. The first kappa shape index (κ1) is 22.4. The Morgan fingerprint density at radius 1 is 1.26 bits per heavy atom. The van der Waals surface area contributed by atoms with Crippen LogP contribution in [0.4, 0.5) is 5.69 Å². The molecule has 2 aliphatic heterocycles. The van der Waals surface area contributed by atoms with Crippen LogP contribution in [0.5, 0.6) is 5.75 Å². The summed E-state index contributed by atoms with van der Waals surface area (Å²) in [5, 5.41) is 14.8. The van der Waals surface area contributed by atoms with E-state index in [1.807, 2.05) is 36.2 Å². The van der Waals surface area contributed by atoms with Gasteiger partial charge in [-0.25, -0.2) is 4.99 Å². The Morgan fingerprint density at radius 2 is 2.00 bits per heavy atom. The molecule has 2 fully saturated rings. The summed E-state index contributed by atoms with van der Waals surface area (Å²) in [7, 11) is 1.61. The van der Waals surface area contributed by atoms with E-state index >= 15 is 0 Å². The lowest BCUT2D eigenvalue weighted by atomic mass is 10.1. The average Bonchev–Trinajstić information content (AvgIpc) is 3.24. The molecule has 0 radical (unpaired) electrons. The molecule has 9 heteroatoms. The van der Waals surface area contributed by atoms with Gasteiger partial charge in [-0.1, -0.05) is 0 Å². The number of nitrogens with zero attached hydrogens (tertiary/aromatic N) is 4. The molecule has 0 aromatic heterocycles. The van der Waals surface area contributed by atoms with Gasteiger partial charge in [-0.2, -0.15) is 5.26 Å². The number of benzene rings is 1. The molecule has 1 atom stereocenters. The predicted octanol–water partition coefficient (Wildman–Crippen LogP) is 1.85. The summed E-state index contributed by atoms with van der Waals surface area (Å²) in [6.45, 7) is 4.10. The summed E-state index contributed by atoms with van der Waals surface area (Å²) in [6.07, 6.45) is 6.15. The van der Waals surface area contributed by atoms with E-state index < -0.39 is 6.04 Å². The second kappa shape index (κ2) is 10.7. The maximum Gasteiger partial charge on any atom is 0.247 e.